The predicted octanol–water partition coefficient (Wildman–Crippen LogP) is 1.69. The van der Waals surface area contributed by atoms with Crippen molar-refractivity contribution in [2.24, 2.45) is 5.41 Å². The summed E-state index contributed by atoms with van der Waals surface area (Å²) in [5, 5.41) is 12.2. The van der Waals surface area contributed by atoms with Gasteiger partial charge in [-0.25, -0.2) is 4.79 Å². The van der Waals surface area contributed by atoms with Gasteiger partial charge in [-0.3, -0.25) is 0 Å². The van der Waals surface area contributed by atoms with Crippen molar-refractivity contribution in [3.63, 3.8) is 0 Å². The normalized spacial score (nSPS) is 11.6. The van der Waals surface area contributed by atoms with Gasteiger partial charge in [0.2, 0.25) is 0 Å². The highest BCUT2D eigenvalue weighted by atomic mass is 16.5. The third kappa shape index (κ3) is 5.44. The second-order valence-electron chi connectivity index (χ2n) is 5.48. The highest BCUT2D eigenvalue weighted by Crippen LogP contribution is 2.20. The van der Waals surface area contributed by atoms with Crippen molar-refractivity contribution >= 4 is 5.97 Å². The second kappa shape index (κ2) is 7.31. The molecule has 108 valence electrons. The maximum Gasteiger partial charge on any atom is 0.354 e. The zero-order valence-corrected chi connectivity index (χ0v) is 12.0. The van der Waals surface area contributed by atoms with Gasteiger partial charge in [0.25, 0.3) is 0 Å². The topological polar surface area (TPSA) is 74.3 Å². The number of methoxy groups -OCH3 is 1. The third-order valence-corrected chi connectivity index (χ3v) is 3.08. The van der Waals surface area contributed by atoms with Gasteiger partial charge in [-0.1, -0.05) is 13.8 Å². The SMILES string of the molecule is COC(=O)c1ccc(CNCC(C)(C)CCCO)[nH]1. The molecule has 0 aromatic carbocycles. The fourth-order valence-electron chi connectivity index (χ4n) is 1.95. The van der Waals surface area contributed by atoms with Gasteiger partial charge in [0, 0.05) is 25.4 Å². The van der Waals surface area contributed by atoms with Crippen molar-refractivity contribution in [2.45, 2.75) is 33.2 Å². The number of aliphatic hydroxyl groups is 1. The molecule has 5 nitrogen and oxygen atoms in total. The first kappa shape index (κ1) is 15.7. The van der Waals surface area contributed by atoms with Gasteiger partial charge in [0.1, 0.15) is 5.69 Å². The molecular weight excluding hydrogens is 244 g/mol. The Kier molecular flexibility index (Phi) is 6.05. The summed E-state index contributed by atoms with van der Waals surface area (Å²) >= 11 is 0. The number of H-pyrrole nitrogens is 1. The Morgan fingerprint density at radius 3 is 2.84 bits per heavy atom. The number of carbonyl (C=O) groups excluding carboxylic acids is 1. The summed E-state index contributed by atoms with van der Waals surface area (Å²) < 4.78 is 4.64. The van der Waals surface area contributed by atoms with E-state index >= 15 is 0 Å². The number of nitrogens with one attached hydrogen (secondary N) is 2. The second-order valence-corrected chi connectivity index (χ2v) is 5.48. The van der Waals surface area contributed by atoms with E-state index < -0.39 is 0 Å². The Labute approximate surface area is 114 Å². The van der Waals surface area contributed by atoms with E-state index in [4.69, 9.17) is 5.11 Å². The van der Waals surface area contributed by atoms with Gasteiger partial charge in [0.15, 0.2) is 0 Å². The van der Waals surface area contributed by atoms with Gasteiger partial charge in [-0.05, 0) is 30.4 Å². The van der Waals surface area contributed by atoms with E-state index in [0.29, 0.717) is 12.2 Å². The third-order valence-electron chi connectivity index (χ3n) is 3.08. The van der Waals surface area contributed by atoms with Crippen LogP contribution in [0.1, 0.15) is 42.9 Å². The quantitative estimate of drug-likeness (QED) is 0.627. The largest absolute Gasteiger partial charge is 0.464 e. The van der Waals surface area contributed by atoms with Crippen LogP contribution in [0.3, 0.4) is 0 Å². The molecule has 3 N–H and O–H groups in total. The minimum atomic E-state index is -0.352. The lowest BCUT2D eigenvalue weighted by atomic mass is 9.88. The summed E-state index contributed by atoms with van der Waals surface area (Å²) in [7, 11) is 1.37. The molecule has 1 aromatic rings. The molecule has 1 heterocycles. The lowest BCUT2D eigenvalue weighted by molar-refractivity contribution is 0.0594. The number of aliphatic hydroxyl groups excluding tert-OH is 1. The van der Waals surface area contributed by atoms with Crippen LogP contribution < -0.4 is 5.32 Å². The van der Waals surface area contributed by atoms with Crippen LogP contribution in [0.25, 0.3) is 0 Å². The zero-order chi connectivity index (χ0) is 14.3. The van der Waals surface area contributed by atoms with Crippen LogP contribution in [0.5, 0.6) is 0 Å². The van der Waals surface area contributed by atoms with E-state index in [1.807, 2.05) is 6.07 Å². The molecule has 19 heavy (non-hydrogen) atoms. The standard InChI is InChI=1S/C14H24N2O3/c1-14(2,7-4-8-17)10-15-9-11-5-6-12(16-11)13(18)19-3/h5-6,15-17H,4,7-10H2,1-3H3. The summed E-state index contributed by atoms with van der Waals surface area (Å²) in [6.07, 6.45) is 1.80. The summed E-state index contributed by atoms with van der Waals surface area (Å²) in [5.41, 5.74) is 1.58. The summed E-state index contributed by atoms with van der Waals surface area (Å²) in [6.45, 7) is 6.12. The molecule has 0 bridgehead atoms. The highest BCUT2D eigenvalue weighted by Gasteiger charge is 2.16. The Balaban J connectivity index is 2.36. The fourth-order valence-corrected chi connectivity index (χ4v) is 1.95. The van der Waals surface area contributed by atoms with E-state index in [-0.39, 0.29) is 18.0 Å². The molecule has 0 aliphatic carbocycles. The van der Waals surface area contributed by atoms with Crippen LogP contribution >= 0.6 is 0 Å². The molecule has 0 atom stereocenters. The minimum absolute atomic E-state index is 0.153. The van der Waals surface area contributed by atoms with Crippen LogP contribution in [-0.2, 0) is 11.3 Å². The number of ether oxygens (including phenoxy) is 1. The van der Waals surface area contributed by atoms with Crippen molar-refractivity contribution in [3.8, 4) is 0 Å². The van der Waals surface area contributed by atoms with Crippen LogP contribution in [0.4, 0.5) is 0 Å². The number of hydrogen-bond acceptors (Lipinski definition) is 4. The van der Waals surface area contributed by atoms with Crippen LogP contribution in [-0.4, -0.2) is 36.3 Å². The molecule has 1 rings (SSSR count). The van der Waals surface area contributed by atoms with Gasteiger partial charge in [-0.2, -0.15) is 0 Å². The number of aromatic amines is 1. The Hall–Kier alpha value is -1.33. The fraction of sp³-hybridized carbons (Fsp3) is 0.643. The van der Waals surface area contributed by atoms with Crippen molar-refractivity contribution in [1.29, 1.82) is 0 Å². The first-order valence-electron chi connectivity index (χ1n) is 6.56. The Morgan fingerprint density at radius 1 is 1.47 bits per heavy atom. The minimum Gasteiger partial charge on any atom is -0.464 e. The molecule has 0 spiro atoms. The smallest absolute Gasteiger partial charge is 0.354 e. The van der Waals surface area contributed by atoms with Gasteiger partial charge in [-0.15, -0.1) is 0 Å². The lowest BCUT2D eigenvalue weighted by Crippen LogP contribution is -2.29. The molecule has 1 aromatic heterocycles. The average molecular weight is 268 g/mol. The average Bonchev–Trinajstić information content (AvgIpc) is 2.84. The van der Waals surface area contributed by atoms with Crippen molar-refractivity contribution in [3.05, 3.63) is 23.5 Å². The van der Waals surface area contributed by atoms with E-state index in [1.165, 1.54) is 7.11 Å². The lowest BCUT2D eigenvalue weighted by Gasteiger charge is -2.24. The summed E-state index contributed by atoms with van der Waals surface area (Å²) in [5.74, 6) is -0.352. The Bertz CT molecular complexity index is 399. The molecule has 0 aliphatic rings. The molecule has 0 radical (unpaired) electrons. The first-order chi connectivity index (χ1) is 8.98. The molecule has 0 unspecified atom stereocenters. The number of hydrogen-bond donors (Lipinski definition) is 3. The van der Waals surface area contributed by atoms with E-state index in [1.54, 1.807) is 6.07 Å². The first-order valence-corrected chi connectivity index (χ1v) is 6.56. The van der Waals surface area contributed by atoms with Crippen LogP contribution in [0.15, 0.2) is 12.1 Å². The molecule has 0 saturated heterocycles. The maximum absolute atomic E-state index is 11.3. The molecule has 0 fully saturated rings. The zero-order valence-electron chi connectivity index (χ0n) is 12.0. The monoisotopic (exact) mass is 268 g/mol. The number of rotatable bonds is 8. The van der Waals surface area contributed by atoms with Crippen LogP contribution in [0, 0.1) is 5.41 Å². The maximum atomic E-state index is 11.3. The van der Waals surface area contributed by atoms with E-state index in [2.05, 4.69) is 28.9 Å². The Morgan fingerprint density at radius 2 is 2.21 bits per heavy atom. The summed E-state index contributed by atoms with van der Waals surface area (Å²) in [6, 6.07) is 3.60. The summed E-state index contributed by atoms with van der Waals surface area (Å²) in [4.78, 5) is 14.3. The molecule has 5 heteroatoms. The number of esters is 1. The predicted molar refractivity (Wildman–Crippen MR) is 73.9 cm³/mol. The highest BCUT2D eigenvalue weighted by molar-refractivity contribution is 5.87. The van der Waals surface area contributed by atoms with Crippen molar-refractivity contribution in [2.75, 3.05) is 20.3 Å². The van der Waals surface area contributed by atoms with Crippen LogP contribution in [0.2, 0.25) is 0 Å². The number of aromatic nitrogens is 1. The van der Waals surface area contributed by atoms with Crippen molar-refractivity contribution < 1.29 is 14.6 Å². The van der Waals surface area contributed by atoms with E-state index in [9.17, 15) is 4.79 Å². The van der Waals surface area contributed by atoms with E-state index in [0.717, 1.165) is 25.1 Å². The molecule has 0 amide bonds. The molecular formula is C14H24N2O3. The molecule has 0 aliphatic heterocycles. The van der Waals surface area contributed by atoms with Gasteiger partial charge < -0.3 is 20.1 Å². The van der Waals surface area contributed by atoms with Gasteiger partial charge >= 0.3 is 5.97 Å². The van der Waals surface area contributed by atoms with Gasteiger partial charge in [0.05, 0.1) is 7.11 Å². The number of carbonyl (C=O) groups is 1. The van der Waals surface area contributed by atoms with Crippen molar-refractivity contribution in [1.82, 2.24) is 10.3 Å². The molecule has 0 saturated carbocycles.